The third-order valence-electron chi connectivity index (χ3n) is 2.52. The average molecular weight is 317 g/mol. The lowest BCUT2D eigenvalue weighted by Crippen LogP contribution is -2.07. The second kappa shape index (κ2) is 4.52. The highest BCUT2D eigenvalue weighted by atomic mass is 35.5. The summed E-state index contributed by atoms with van der Waals surface area (Å²) >= 11 is 18.3. The summed E-state index contributed by atoms with van der Waals surface area (Å²) in [5, 5.41) is 8.02. The number of aromatic nitrogens is 3. The van der Waals surface area contributed by atoms with Gasteiger partial charge in [0.05, 0.1) is 21.8 Å². The van der Waals surface area contributed by atoms with Crippen molar-refractivity contribution in [3.05, 3.63) is 50.0 Å². The van der Waals surface area contributed by atoms with Crippen LogP contribution in [0.5, 0.6) is 0 Å². The van der Waals surface area contributed by atoms with Gasteiger partial charge in [0.2, 0.25) is 0 Å². The van der Waals surface area contributed by atoms with E-state index in [1.807, 2.05) is 0 Å². The quantitative estimate of drug-likeness (QED) is 0.691. The highest BCUT2D eigenvalue weighted by Gasteiger charge is 2.19. The van der Waals surface area contributed by atoms with Crippen LogP contribution in [0.2, 0.25) is 15.2 Å². The van der Waals surface area contributed by atoms with Crippen LogP contribution in [0.1, 0.15) is 0 Å². The lowest BCUT2D eigenvalue weighted by atomic mass is 10.2. The Labute approximate surface area is 121 Å². The fraction of sp³-hybridized carbons (Fsp3) is 0. The number of hydrogen-bond donors (Lipinski definition) is 0. The van der Waals surface area contributed by atoms with Gasteiger partial charge in [0.25, 0.3) is 0 Å². The monoisotopic (exact) mass is 315 g/mol. The van der Waals surface area contributed by atoms with Crippen LogP contribution >= 0.6 is 34.8 Å². The molecule has 5 nitrogen and oxygen atoms in total. The van der Waals surface area contributed by atoms with Crippen LogP contribution in [0.4, 0.5) is 0 Å². The van der Waals surface area contributed by atoms with E-state index in [4.69, 9.17) is 39.2 Å². The van der Waals surface area contributed by atoms with Gasteiger partial charge in [-0.25, -0.2) is 4.79 Å². The van der Waals surface area contributed by atoms with Gasteiger partial charge in [-0.1, -0.05) is 46.1 Å². The van der Waals surface area contributed by atoms with Crippen molar-refractivity contribution in [1.82, 2.24) is 14.8 Å². The first-order valence-corrected chi connectivity index (χ1v) is 6.20. The molecule has 0 spiro atoms. The van der Waals surface area contributed by atoms with E-state index in [0.29, 0.717) is 15.6 Å². The molecule has 96 valence electrons. The molecule has 0 aliphatic carbocycles. The molecule has 0 N–H and O–H groups in total. The molecule has 8 heteroatoms. The minimum Gasteiger partial charge on any atom is -0.418 e. The first kappa shape index (κ1) is 12.5. The third-order valence-corrected chi connectivity index (χ3v) is 3.48. The molecular formula is C11H4Cl3N3O2. The maximum Gasteiger partial charge on any atom is 0.364 e. The first-order chi connectivity index (χ1) is 9.09. The van der Waals surface area contributed by atoms with Gasteiger partial charge < -0.3 is 4.42 Å². The average Bonchev–Trinajstić information content (AvgIpc) is 2.85. The zero-order chi connectivity index (χ0) is 13.6. The second-order valence-electron chi connectivity index (χ2n) is 3.64. The summed E-state index contributed by atoms with van der Waals surface area (Å²) in [7, 11) is 0. The Kier molecular flexibility index (Phi) is 2.97. The number of benzene rings is 1. The molecular weight excluding hydrogens is 312 g/mol. The lowest BCUT2D eigenvalue weighted by Gasteiger charge is -2.07. The van der Waals surface area contributed by atoms with E-state index in [2.05, 4.69) is 10.3 Å². The summed E-state index contributed by atoms with van der Waals surface area (Å²) in [5.41, 5.74) is -0.150. The molecule has 1 aromatic carbocycles. The number of hydrogen-bond acceptors (Lipinski definition) is 4. The van der Waals surface area contributed by atoms with Gasteiger partial charge in [-0.2, -0.15) is 4.52 Å². The molecule has 0 unspecified atom stereocenters. The molecule has 2 aromatic heterocycles. The van der Waals surface area contributed by atoms with Crippen LogP contribution in [-0.4, -0.2) is 14.8 Å². The molecule has 0 fully saturated rings. The number of rotatable bonds is 1. The van der Waals surface area contributed by atoms with E-state index in [1.165, 1.54) is 10.7 Å². The van der Waals surface area contributed by atoms with Crippen molar-refractivity contribution in [2.24, 2.45) is 0 Å². The molecule has 0 atom stereocenters. The van der Waals surface area contributed by atoms with Gasteiger partial charge in [0.15, 0.2) is 16.4 Å². The number of fused-ring (bicyclic) bond motifs is 1. The third kappa shape index (κ3) is 1.90. The molecule has 3 rings (SSSR count). The van der Waals surface area contributed by atoms with E-state index in [0.717, 1.165) is 0 Å². The van der Waals surface area contributed by atoms with E-state index in [9.17, 15) is 4.79 Å². The molecule has 0 saturated carbocycles. The summed E-state index contributed by atoms with van der Waals surface area (Å²) in [5.74, 6) is 0.0558. The van der Waals surface area contributed by atoms with Crippen LogP contribution in [0.3, 0.4) is 0 Å². The predicted molar refractivity (Wildman–Crippen MR) is 72.0 cm³/mol. The minimum absolute atomic E-state index is 0.0558. The molecule has 0 saturated heterocycles. The number of nitrogens with zero attached hydrogens (tertiary/aromatic N) is 3. The van der Waals surface area contributed by atoms with E-state index >= 15 is 0 Å². The van der Waals surface area contributed by atoms with Crippen molar-refractivity contribution in [1.29, 1.82) is 0 Å². The highest BCUT2D eigenvalue weighted by Crippen LogP contribution is 2.37. The largest absolute Gasteiger partial charge is 0.418 e. The van der Waals surface area contributed by atoms with Gasteiger partial charge in [-0.05, 0) is 12.1 Å². The van der Waals surface area contributed by atoms with Crippen molar-refractivity contribution in [2.75, 3.05) is 0 Å². The molecule has 19 heavy (non-hydrogen) atoms. The Morgan fingerprint density at radius 2 is 1.84 bits per heavy atom. The van der Waals surface area contributed by atoms with E-state index in [1.54, 1.807) is 18.2 Å². The Morgan fingerprint density at radius 1 is 1.16 bits per heavy atom. The van der Waals surface area contributed by atoms with Gasteiger partial charge in [-0.15, -0.1) is 5.10 Å². The van der Waals surface area contributed by atoms with Gasteiger partial charge in [-0.3, -0.25) is 0 Å². The van der Waals surface area contributed by atoms with E-state index in [-0.39, 0.29) is 16.4 Å². The Bertz CT molecular complexity index is 821. The zero-order valence-corrected chi connectivity index (χ0v) is 11.4. The summed E-state index contributed by atoms with van der Waals surface area (Å²) in [4.78, 5) is 11.8. The zero-order valence-electron chi connectivity index (χ0n) is 9.10. The summed E-state index contributed by atoms with van der Waals surface area (Å²) in [6.45, 7) is 0. The molecule has 0 bridgehead atoms. The molecule has 0 aliphatic rings. The van der Waals surface area contributed by atoms with Crippen LogP contribution in [0.15, 0.2) is 33.6 Å². The highest BCUT2D eigenvalue weighted by molar-refractivity contribution is 6.40. The molecule has 2 heterocycles. The van der Waals surface area contributed by atoms with Crippen LogP contribution in [0, 0.1) is 0 Å². The van der Waals surface area contributed by atoms with Crippen molar-refractivity contribution >= 4 is 40.3 Å². The molecule has 0 amide bonds. The standard InChI is InChI=1S/C11H4Cl3N3O2/c12-5-2-1-3-6(13)8(5)9-10(14)17-7(4-15-16-17)11(18)19-9/h1-4H. The van der Waals surface area contributed by atoms with Gasteiger partial charge in [0.1, 0.15) is 0 Å². The molecule has 0 radical (unpaired) electrons. The Hall–Kier alpha value is -1.56. The lowest BCUT2D eigenvalue weighted by molar-refractivity contribution is 0.521. The van der Waals surface area contributed by atoms with Crippen LogP contribution in [0.25, 0.3) is 16.8 Å². The smallest absolute Gasteiger partial charge is 0.364 e. The minimum atomic E-state index is -0.625. The van der Waals surface area contributed by atoms with Gasteiger partial charge >= 0.3 is 5.63 Å². The fourth-order valence-electron chi connectivity index (χ4n) is 1.67. The predicted octanol–water partition coefficient (Wildman–Crippen LogP) is 3.31. The van der Waals surface area contributed by atoms with Crippen molar-refractivity contribution in [3.63, 3.8) is 0 Å². The maximum absolute atomic E-state index is 11.8. The summed E-state index contributed by atoms with van der Waals surface area (Å²) in [6, 6.07) is 4.91. The van der Waals surface area contributed by atoms with Crippen molar-refractivity contribution in [3.8, 4) is 11.3 Å². The summed E-state index contributed by atoms with van der Waals surface area (Å²) < 4.78 is 6.34. The fourth-order valence-corrected chi connectivity index (χ4v) is 2.50. The molecule has 0 aliphatic heterocycles. The first-order valence-electron chi connectivity index (χ1n) is 5.07. The SMILES string of the molecule is O=c1oc(-c2c(Cl)cccc2Cl)c(Cl)n2nncc12. The van der Waals surface area contributed by atoms with E-state index < -0.39 is 5.63 Å². The van der Waals surface area contributed by atoms with Crippen LogP contribution < -0.4 is 5.63 Å². The number of halogens is 3. The molecule has 3 aromatic rings. The Balaban J connectivity index is 2.44. The summed E-state index contributed by atoms with van der Waals surface area (Å²) in [6.07, 6.45) is 1.26. The van der Waals surface area contributed by atoms with Crippen molar-refractivity contribution < 1.29 is 4.42 Å². The van der Waals surface area contributed by atoms with Crippen LogP contribution in [-0.2, 0) is 0 Å². The Morgan fingerprint density at radius 3 is 2.53 bits per heavy atom. The van der Waals surface area contributed by atoms with Gasteiger partial charge in [0, 0.05) is 0 Å². The maximum atomic E-state index is 11.8. The normalized spacial score (nSPS) is 11.1. The van der Waals surface area contributed by atoms with Crippen molar-refractivity contribution in [2.45, 2.75) is 0 Å². The second-order valence-corrected chi connectivity index (χ2v) is 4.81. The topological polar surface area (TPSA) is 60.4 Å².